The quantitative estimate of drug-likeness (QED) is 0.562. The number of aryl methyl sites for hydroxylation is 1. The van der Waals surface area contributed by atoms with Gasteiger partial charge in [-0.25, -0.2) is 5.43 Å². The van der Waals surface area contributed by atoms with Gasteiger partial charge in [-0.15, -0.1) is 0 Å². The van der Waals surface area contributed by atoms with Gasteiger partial charge in [0.2, 0.25) is 5.91 Å². The molecule has 0 fully saturated rings. The van der Waals surface area contributed by atoms with Gasteiger partial charge in [-0.05, 0) is 31.7 Å². The van der Waals surface area contributed by atoms with Gasteiger partial charge in [0.05, 0.1) is 0 Å². The lowest BCUT2D eigenvalue weighted by Crippen LogP contribution is -2.41. The second kappa shape index (κ2) is 7.85. The van der Waals surface area contributed by atoms with Crippen molar-refractivity contribution in [3.8, 4) is 0 Å². The summed E-state index contributed by atoms with van der Waals surface area (Å²) in [6.07, 6.45) is 4.57. The average Bonchev–Trinajstić information content (AvgIpc) is 2.33. The molecule has 0 saturated carbocycles. The molecule has 17 heavy (non-hydrogen) atoms. The normalized spacial score (nSPS) is 12.1. The van der Waals surface area contributed by atoms with Crippen molar-refractivity contribution in [3.63, 3.8) is 0 Å². The minimum absolute atomic E-state index is 0.0406. The molecule has 3 nitrogen and oxygen atoms in total. The summed E-state index contributed by atoms with van der Waals surface area (Å²) < 4.78 is 0. The zero-order valence-electron chi connectivity index (χ0n) is 10.7. The Morgan fingerprint density at radius 2 is 1.94 bits per heavy atom. The number of carbonyl (C=O) groups is 1. The number of hydrogen-bond acceptors (Lipinski definition) is 2. The van der Waals surface area contributed by atoms with Crippen molar-refractivity contribution in [2.75, 3.05) is 0 Å². The number of carbonyl (C=O) groups excluding carboxylic acids is 1. The molecule has 1 aromatic rings. The summed E-state index contributed by atoms with van der Waals surface area (Å²) in [5.74, 6) is -0.0406. The van der Waals surface area contributed by atoms with Crippen molar-refractivity contribution < 1.29 is 4.79 Å². The molecule has 3 heteroatoms. The van der Waals surface area contributed by atoms with Crippen LogP contribution in [0, 0.1) is 0 Å². The predicted octanol–water partition coefficient (Wildman–Crippen LogP) is 2.43. The first-order valence-electron chi connectivity index (χ1n) is 6.24. The summed E-state index contributed by atoms with van der Waals surface area (Å²) in [5, 5.41) is 0. The molecule has 0 radical (unpaired) electrons. The van der Waals surface area contributed by atoms with Crippen LogP contribution < -0.4 is 10.9 Å². The van der Waals surface area contributed by atoms with Gasteiger partial charge in [-0.1, -0.05) is 36.8 Å². The van der Waals surface area contributed by atoms with Crippen LogP contribution in [0.4, 0.5) is 0 Å². The van der Waals surface area contributed by atoms with Crippen LogP contribution in [0.5, 0.6) is 0 Å². The first kappa shape index (κ1) is 13.7. The molecule has 0 aromatic heterocycles. The summed E-state index contributed by atoms with van der Waals surface area (Å²) in [5.41, 5.74) is 6.99. The van der Waals surface area contributed by atoms with Crippen LogP contribution in [-0.4, -0.2) is 11.9 Å². The van der Waals surface area contributed by atoms with E-state index in [2.05, 4.69) is 42.0 Å². The SMILES string of the molecule is CC(=O)NNC(C)CCCCc1ccccc1. The van der Waals surface area contributed by atoms with Gasteiger partial charge in [0, 0.05) is 13.0 Å². The molecule has 0 bridgehead atoms. The Morgan fingerprint density at radius 1 is 1.24 bits per heavy atom. The molecule has 94 valence electrons. The largest absolute Gasteiger partial charge is 0.292 e. The van der Waals surface area contributed by atoms with E-state index >= 15 is 0 Å². The van der Waals surface area contributed by atoms with Gasteiger partial charge in [-0.3, -0.25) is 10.2 Å². The highest BCUT2D eigenvalue weighted by atomic mass is 16.2. The fraction of sp³-hybridized carbons (Fsp3) is 0.500. The van der Waals surface area contributed by atoms with E-state index < -0.39 is 0 Å². The lowest BCUT2D eigenvalue weighted by atomic mass is 10.1. The third kappa shape index (κ3) is 6.74. The van der Waals surface area contributed by atoms with Gasteiger partial charge in [0.15, 0.2) is 0 Å². The summed E-state index contributed by atoms with van der Waals surface area (Å²) in [6, 6.07) is 10.9. The lowest BCUT2D eigenvalue weighted by Gasteiger charge is -2.13. The summed E-state index contributed by atoms with van der Waals surface area (Å²) >= 11 is 0. The van der Waals surface area contributed by atoms with Gasteiger partial charge in [0.1, 0.15) is 0 Å². The predicted molar refractivity (Wildman–Crippen MR) is 70.4 cm³/mol. The molecule has 1 amide bonds. The van der Waals surface area contributed by atoms with Gasteiger partial charge in [-0.2, -0.15) is 0 Å². The minimum atomic E-state index is -0.0406. The van der Waals surface area contributed by atoms with Crippen molar-refractivity contribution in [1.29, 1.82) is 0 Å². The van der Waals surface area contributed by atoms with Crippen LogP contribution in [0.3, 0.4) is 0 Å². The number of unbranched alkanes of at least 4 members (excludes halogenated alkanes) is 1. The Balaban J connectivity index is 2.06. The van der Waals surface area contributed by atoms with Crippen molar-refractivity contribution in [3.05, 3.63) is 35.9 Å². The maximum atomic E-state index is 10.7. The summed E-state index contributed by atoms with van der Waals surface area (Å²) in [7, 11) is 0. The average molecular weight is 234 g/mol. The summed E-state index contributed by atoms with van der Waals surface area (Å²) in [4.78, 5) is 10.7. The van der Waals surface area contributed by atoms with Crippen molar-refractivity contribution in [1.82, 2.24) is 10.9 Å². The van der Waals surface area contributed by atoms with Crippen molar-refractivity contribution >= 4 is 5.91 Å². The first-order valence-corrected chi connectivity index (χ1v) is 6.24. The highest BCUT2D eigenvalue weighted by molar-refractivity contribution is 5.72. The molecule has 1 atom stereocenters. The van der Waals surface area contributed by atoms with Crippen molar-refractivity contribution in [2.24, 2.45) is 0 Å². The summed E-state index contributed by atoms with van der Waals surface area (Å²) in [6.45, 7) is 3.59. The van der Waals surface area contributed by atoms with Gasteiger partial charge >= 0.3 is 0 Å². The number of hydrazine groups is 1. The Bertz CT molecular complexity index is 324. The maximum absolute atomic E-state index is 10.7. The fourth-order valence-corrected chi connectivity index (χ4v) is 1.72. The van der Waals surface area contributed by atoms with Crippen LogP contribution in [0.15, 0.2) is 30.3 Å². The highest BCUT2D eigenvalue weighted by Gasteiger charge is 2.01. The molecule has 0 spiro atoms. The molecule has 0 heterocycles. The minimum Gasteiger partial charge on any atom is -0.292 e. The smallest absolute Gasteiger partial charge is 0.230 e. The van der Waals surface area contributed by atoms with E-state index in [1.807, 2.05) is 6.07 Å². The third-order valence-corrected chi connectivity index (χ3v) is 2.69. The van der Waals surface area contributed by atoms with Crippen LogP contribution in [0.1, 0.15) is 38.7 Å². The fourth-order valence-electron chi connectivity index (χ4n) is 1.72. The van der Waals surface area contributed by atoms with E-state index in [1.54, 1.807) is 0 Å². The molecule has 0 aliphatic carbocycles. The second-order valence-electron chi connectivity index (χ2n) is 4.46. The van der Waals surface area contributed by atoms with Gasteiger partial charge in [0.25, 0.3) is 0 Å². The molecule has 0 aliphatic heterocycles. The zero-order chi connectivity index (χ0) is 12.5. The third-order valence-electron chi connectivity index (χ3n) is 2.69. The van der Waals surface area contributed by atoms with E-state index in [0.29, 0.717) is 6.04 Å². The van der Waals surface area contributed by atoms with E-state index in [1.165, 1.54) is 25.3 Å². The Morgan fingerprint density at radius 3 is 2.59 bits per heavy atom. The zero-order valence-corrected chi connectivity index (χ0v) is 10.7. The second-order valence-corrected chi connectivity index (χ2v) is 4.46. The molecule has 0 saturated heterocycles. The number of benzene rings is 1. The van der Waals surface area contributed by atoms with Crippen LogP contribution in [0.25, 0.3) is 0 Å². The van der Waals surface area contributed by atoms with E-state index in [0.717, 1.165) is 12.8 Å². The molecular formula is C14H22N2O. The first-order chi connectivity index (χ1) is 8.18. The molecule has 1 rings (SSSR count). The standard InChI is InChI=1S/C14H22N2O/c1-12(15-16-13(2)17)8-6-7-11-14-9-4-3-5-10-14/h3-5,9-10,12,15H,6-8,11H2,1-2H3,(H,16,17). The van der Waals surface area contributed by atoms with E-state index in [4.69, 9.17) is 0 Å². The van der Waals surface area contributed by atoms with Crippen LogP contribution >= 0.6 is 0 Å². The Hall–Kier alpha value is -1.35. The number of nitrogens with one attached hydrogen (secondary N) is 2. The molecule has 0 aliphatic rings. The highest BCUT2D eigenvalue weighted by Crippen LogP contribution is 2.07. The Labute approximate surface area is 104 Å². The van der Waals surface area contributed by atoms with Gasteiger partial charge < -0.3 is 0 Å². The molecule has 1 unspecified atom stereocenters. The van der Waals surface area contributed by atoms with Crippen molar-refractivity contribution in [2.45, 2.75) is 45.6 Å². The number of amides is 1. The maximum Gasteiger partial charge on any atom is 0.230 e. The van der Waals surface area contributed by atoms with E-state index in [9.17, 15) is 4.79 Å². The number of hydrogen-bond donors (Lipinski definition) is 2. The lowest BCUT2D eigenvalue weighted by molar-refractivity contribution is -0.120. The number of rotatable bonds is 7. The molecule has 1 aromatic carbocycles. The molecular weight excluding hydrogens is 212 g/mol. The van der Waals surface area contributed by atoms with E-state index in [-0.39, 0.29) is 5.91 Å². The monoisotopic (exact) mass is 234 g/mol. The van der Waals surface area contributed by atoms with Crippen LogP contribution in [0.2, 0.25) is 0 Å². The van der Waals surface area contributed by atoms with Crippen LogP contribution in [-0.2, 0) is 11.2 Å². The molecule has 2 N–H and O–H groups in total. The Kier molecular flexibility index (Phi) is 6.33. The topological polar surface area (TPSA) is 41.1 Å².